The number of aliphatic imine (C=N–C) groups is 1. The molecular weight excluding hydrogens is 266 g/mol. The summed E-state index contributed by atoms with van der Waals surface area (Å²) in [4.78, 5) is 7.78. The Bertz CT molecular complexity index is 573. The lowest BCUT2D eigenvalue weighted by Gasteiger charge is -2.20. The van der Waals surface area contributed by atoms with Crippen molar-refractivity contribution < 1.29 is 0 Å². The van der Waals surface area contributed by atoms with Crippen LogP contribution in [0.4, 0.5) is 11.4 Å². The highest BCUT2D eigenvalue weighted by Crippen LogP contribution is 2.27. The smallest absolute Gasteiger partial charge is 0.0767 e. The molecule has 0 saturated carbocycles. The number of nitrogens with one attached hydrogen (secondary N) is 1. The van der Waals surface area contributed by atoms with E-state index in [1.54, 1.807) is 0 Å². The number of thiol groups is 1. The van der Waals surface area contributed by atoms with E-state index in [-0.39, 0.29) is 0 Å². The van der Waals surface area contributed by atoms with E-state index in [0.717, 1.165) is 34.9 Å². The van der Waals surface area contributed by atoms with Gasteiger partial charge in [0.15, 0.2) is 0 Å². The lowest BCUT2D eigenvalue weighted by Crippen LogP contribution is -2.17. The summed E-state index contributed by atoms with van der Waals surface area (Å²) in [5.41, 5.74) is 4.27. The quantitative estimate of drug-likeness (QED) is 0.822. The van der Waals surface area contributed by atoms with Gasteiger partial charge >= 0.3 is 0 Å². The molecule has 0 spiro atoms. The third-order valence-corrected chi connectivity index (χ3v) is 3.77. The third kappa shape index (κ3) is 3.45. The van der Waals surface area contributed by atoms with Gasteiger partial charge in [-0.2, -0.15) is 0 Å². The summed E-state index contributed by atoms with van der Waals surface area (Å²) >= 11 is 4.49. The fraction of sp³-hybridized carbons (Fsp3) is 0.312. The van der Waals surface area contributed by atoms with Crippen molar-refractivity contribution in [2.75, 3.05) is 26.0 Å². The standard InChI is InChI=1S/C16H21N3S/c1-4-19(3)14-8-5-12(6-9-14)18-15-10-7-13(17-2)11-16(15)20/h5,7-11,17,20H,4,6H2,1-3H3. The Morgan fingerprint density at radius 3 is 2.70 bits per heavy atom. The average Bonchev–Trinajstić information content (AvgIpc) is 2.49. The van der Waals surface area contributed by atoms with Crippen molar-refractivity contribution in [3.8, 4) is 0 Å². The molecule has 0 aromatic heterocycles. The van der Waals surface area contributed by atoms with Crippen LogP contribution in [0.1, 0.15) is 13.3 Å². The Labute approximate surface area is 126 Å². The van der Waals surface area contributed by atoms with Crippen LogP contribution in [0.2, 0.25) is 0 Å². The van der Waals surface area contributed by atoms with Gasteiger partial charge in [-0.25, -0.2) is 0 Å². The number of benzene rings is 1. The van der Waals surface area contributed by atoms with E-state index >= 15 is 0 Å². The highest BCUT2D eigenvalue weighted by atomic mass is 32.1. The van der Waals surface area contributed by atoms with E-state index < -0.39 is 0 Å². The average molecular weight is 287 g/mol. The summed E-state index contributed by atoms with van der Waals surface area (Å²) in [7, 11) is 4.00. The zero-order valence-corrected chi connectivity index (χ0v) is 13.1. The molecule has 1 aromatic rings. The van der Waals surface area contributed by atoms with Crippen molar-refractivity contribution in [2.45, 2.75) is 18.2 Å². The molecule has 0 saturated heterocycles. The SMILES string of the molecule is CCN(C)C1=CCC(=Nc2ccc(NC)cc2S)C=C1. The molecule has 4 heteroatoms. The molecule has 3 nitrogen and oxygen atoms in total. The summed E-state index contributed by atoms with van der Waals surface area (Å²) in [6.45, 7) is 3.16. The second-order valence-corrected chi connectivity index (χ2v) is 5.22. The van der Waals surface area contributed by atoms with Gasteiger partial charge in [-0.05, 0) is 37.3 Å². The summed E-state index contributed by atoms with van der Waals surface area (Å²) in [5.74, 6) is 0. The molecule has 0 fully saturated rings. The predicted octanol–water partition coefficient (Wildman–Crippen LogP) is 3.89. The van der Waals surface area contributed by atoms with Gasteiger partial charge in [-0.15, -0.1) is 12.6 Å². The minimum atomic E-state index is 0.858. The van der Waals surface area contributed by atoms with Gasteiger partial charge in [-0.1, -0.05) is 6.08 Å². The number of likely N-dealkylation sites (N-methyl/N-ethyl adjacent to an activating group) is 1. The molecule has 1 N–H and O–H groups in total. The molecule has 1 aromatic carbocycles. The minimum absolute atomic E-state index is 0.858. The second kappa shape index (κ2) is 6.66. The van der Waals surface area contributed by atoms with E-state index in [0.29, 0.717) is 0 Å². The highest BCUT2D eigenvalue weighted by Gasteiger charge is 2.06. The molecule has 2 rings (SSSR count). The Hall–Kier alpha value is -1.68. The van der Waals surface area contributed by atoms with Crippen LogP contribution in [-0.2, 0) is 0 Å². The zero-order chi connectivity index (χ0) is 14.5. The fourth-order valence-electron chi connectivity index (χ4n) is 2.00. The Morgan fingerprint density at radius 1 is 1.35 bits per heavy atom. The Morgan fingerprint density at radius 2 is 2.15 bits per heavy atom. The molecule has 1 aliphatic carbocycles. The van der Waals surface area contributed by atoms with Gasteiger partial charge in [0.1, 0.15) is 0 Å². The maximum Gasteiger partial charge on any atom is 0.0767 e. The van der Waals surface area contributed by atoms with Crippen LogP contribution < -0.4 is 5.32 Å². The maximum absolute atomic E-state index is 4.68. The Kier molecular flexibility index (Phi) is 4.90. The number of hydrogen-bond donors (Lipinski definition) is 2. The highest BCUT2D eigenvalue weighted by molar-refractivity contribution is 7.80. The van der Waals surface area contributed by atoms with Gasteiger partial charge in [0.25, 0.3) is 0 Å². The summed E-state index contributed by atoms with van der Waals surface area (Å²) in [6, 6.07) is 5.99. The zero-order valence-electron chi connectivity index (χ0n) is 12.2. The first-order valence-corrected chi connectivity index (χ1v) is 7.26. The molecule has 20 heavy (non-hydrogen) atoms. The fourth-order valence-corrected chi connectivity index (χ4v) is 2.27. The van der Waals surface area contributed by atoms with Crippen molar-refractivity contribution in [1.29, 1.82) is 0 Å². The van der Waals surface area contributed by atoms with Crippen LogP contribution in [-0.4, -0.2) is 31.3 Å². The van der Waals surface area contributed by atoms with Crippen LogP contribution >= 0.6 is 12.6 Å². The van der Waals surface area contributed by atoms with Crippen molar-refractivity contribution in [1.82, 2.24) is 4.90 Å². The van der Waals surface area contributed by atoms with Crippen molar-refractivity contribution in [2.24, 2.45) is 4.99 Å². The third-order valence-electron chi connectivity index (χ3n) is 3.41. The molecule has 1 aliphatic rings. The van der Waals surface area contributed by atoms with E-state index in [1.807, 2.05) is 25.2 Å². The number of allylic oxidation sites excluding steroid dienone is 3. The van der Waals surface area contributed by atoms with E-state index in [2.05, 4.69) is 60.0 Å². The van der Waals surface area contributed by atoms with Crippen LogP contribution in [0.25, 0.3) is 0 Å². The molecule has 0 aliphatic heterocycles. The van der Waals surface area contributed by atoms with Gasteiger partial charge < -0.3 is 10.2 Å². The van der Waals surface area contributed by atoms with Crippen LogP contribution in [0.5, 0.6) is 0 Å². The van der Waals surface area contributed by atoms with Crippen LogP contribution in [0, 0.1) is 0 Å². The van der Waals surface area contributed by atoms with Crippen molar-refractivity contribution in [3.05, 3.63) is 42.1 Å². The van der Waals surface area contributed by atoms with E-state index in [4.69, 9.17) is 0 Å². The molecule has 0 bridgehead atoms. The first-order chi connectivity index (χ1) is 9.63. The largest absolute Gasteiger partial charge is 0.388 e. The number of rotatable bonds is 4. The molecule has 0 radical (unpaired) electrons. The maximum atomic E-state index is 4.68. The second-order valence-electron chi connectivity index (χ2n) is 4.74. The van der Waals surface area contributed by atoms with Gasteiger partial charge in [0.05, 0.1) is 5.69 Å². The Balaban J connectivity index is 2.15. The normalized spacial score (nSPS) is 16.2. The van der Waals surface area contributed by atoms with E-state index in [9.17, 15) is 0 Å². The molecule has 106 valence electrons. The molecule has 0 amide bonds. The topological polar surface area (TPSA) is 27.6 Å². The van der Waals surface area contributed by atoms with Crippen LogP contribution in [0.3, 0.4) is 0 Å². The minimum Gasteiger partial charge on any atom is -0.388 e. The molecule has 0 heterocycles. The monoisotopic (exact) mass is 287 g/mol. The van der Waals surface area contributed by atoms with Crippen molar-refractivity contribution in [3.63, 3.8) is 0 Å². The summed E-state index contributed by atoms with van der Waals surface area (Å²) in [5, 5.41) is 3.10. The van der Waals surface area contributed by atoms with Crippen molar-refractivity contribution >= 4 is 29.7 Å². The first-order valence-electron chi connectivity index (χ1n) is 6.81. The van der Waals surface area contributed by atoms with E-state index in [1.165, 1.54) is 5.70 Å². The van der Waals surface area contributed by atoms with Gasteiger partial charge in [-0.3, -0.25) is 4.99 Å². The molecular formula is C16H21N3S. The molecule has 0 atom stereocenters. The van der Waals surface area contributed by atoms with Crippen LogP contribution in [0.15, 0.2) is 52.0 Å². The predicted molar refractivity (Wildman–Crippen MR) is 90.5 cm³/mol. The summed E-state index contributed by atoms with van der Waals surface area (Å²) in [6.07, 6.45) is 7.27. The lowest BCUT2D eigenvalue weighted by molar-refractivity contribution is 0.454. The number of hydrogen-bond acceptors (Lipinski definition) is 4. The molecule has 0 unspecified atom stereocenters. The summed E-state index contributed by atoms with van der Waals surface area (Å²) < 4.78 is 0. The van der Waals surface area contributed by atoms with Gasteiger partial charge in [0, 0.05) is 49.1 Å². The number of anilines is 1. The first kappa shape index (κ1) is 14.7. The number of nitrogens with zero attached hydrogens (tertiary/aromatic N) is 2. The lowest BCUT2D eigenvalue weighted by atomic mass is 10.1. The van der Waals surface area contributed by atoms with Gasteiger partial charge in [0.2, 0.25) is 0 Å².